The first-order valence-corrected chi connectivity index (χ1v) is 12.0. The highest BCUT2D eigenvalue weighted by Gasteiger charge is 2.22. The number of urea groups is 2. The van der Waals surface area contributed by atoms with Gasteiger partial charge in [0.25, 0.3) is 0 Å². The number of anilines is 3. The van der Waals surface area contributed by atoms with Crippen molar-refractivity contribution in [3.8, 4) is 0 Å². The van der Waals surface area contributed by atoms with Crippen molar-refractivity contribution < 1.29 is 14.4 Å². The molecular weight excluding hydrogens is 468 g/mol. The van der Waals surface area contributed by atoms with Crippen LogP contribution in [0.25, 0.3) is 0 Å². The van der Waals surface area contributed by atoms with Gasteiger partial charge in [0, 0.05) is 50.6 Å². The molecule has 1 saturated heterocycles. The molecule has 0 radical (unpaired) electrons. The normalized spacial score (nSPS) is 13.4. The average Bonchev–Trinajstić information content (AvgIpc) is 2.81. The number of hydrogen-bond donors (Lipinski definition) is 3. The maximum absolute atomic E-state index is 12.7. The Morgan fingerprint density at radius 2 is 1.66 bits per heavy atom. The molecule has 3 N–H and O–H groups in total. The van der Waals surface area contributed by atoms with E-state index in [1.54, 1.807) is 18.0 Å². The quantitative estimate of drug-likeness (QED) is 0.558. The van der Waals surface area contributed by atoms with Crippen LogP contribution in [-0.2, 0) is 4.79 Å². The van der Waals surface area contributed by atoms with Gasteiger partial charge in [0.2, 0.25) is 5.91 Å². The number of piperazine rings is 1. The molecule has 2 aromatic rings. The Bertz CT molecular complexity index is 1030. The minimum Gasteiger partial charge on any atom is -0.368 e. The molecule has 35 heavy (non-hydrogen) atoms. The second-order valence-corrected chi connectivity index (χ2v) is 9.30. The molecule has 0 aromatic heterocycles. The molecule has 1 heterocycles. The Morgan fingerprint density at radius 3 is 2.26 bits per heavy atom. The molecule has 3 rings (SSSR count). The van der Waals surface area contributed by atoms with Crippen molar-refractivity contribution in [3.63, 3.8) is 0 Å². The highest BCUT2D eigenvalue weighted by molar-refractivity contribution is 6.33. The molecule has 0 bridgehead atoms. The summed E-state index contributed by atoms with van der Waals surface area (Å²) in [6.45, 7) is 8.14. The SMILES string of the molecule is Cc1cccc(Cl)c1NC(=O)N1CCN(c2ccc(NC(=O)CN(C)C(=O)NC(C)C)cc2)CC1. The number of carbonyl (C=O) groups excluding carboxylic acids is 3. The van der Waals surface area contributed by atoms with Crippen LogP contribution < -0.4 is 20.9 Å². The summed E-state index contributed by atoms with van der Waals surface area (Å²) in [6.07, 6.45) is 0. The first-order chi connectivity index (χ1) is 16.6. The number of para-hydroxylation sites is 1. The van der Waals surface area contributed by atoms with Gasteiger partial charge in [0.15, 0.2) is 0 Å². The zero-order valence-corrected chi connectivity index (χ0v) is 21.4. The van der Waals surface area contributed by atoms with Crippen molar-refractivity contribution in [2.75, 3.05) is 55.3 Å². The van der Waals surface area contributed by atoms with Crippen molar-refractivity contribution in [2.45, 2.75) is 26.8 Å². The first-order valence-electron chi connectivity index (χ1n) is 11.6. The summed E-state index contributed by atoms with van der Waals surface area (Å²) < 4.78 is 0. The van der Waals surface area contributed by atoms with Crippen LogP contribution in [0.1, 0.15) is 19.4 Å². The van der Waals surface area contributed by atoms with Crippen molar-refractivity contribution in [2.24, 2.45) is 0 Å². The molecule has 188 valence electrons. The van der Waals surface area contributed by atoms with Crippen LogP contribution in [0.2, 0.25) is 5.02 Å². The molecule has 1 aliphatic heterocycles. The van der Waals surface area contributed by atoms with Gasteiger partial charge in [-0.25, -0.2) is 9.59 Å². The molecule has 5 amide bonds. The van der Waals surface area contributed by atoms with E-state index in [1.165, 1.54) is 4.90 Å². The summed E-state index contributed by atoms with van der Waals surface area (Å²) in [4.78, 5) is 42.2. The van der Waals surface area contributed by atoms with Crippen LogP contribution >= 0.6 is 11.6 Å². The summed E-state index contributed by atoms with van der Waals surface area (Å²) in [5.41, 5.74) is 3.23. The second-order valence-electron chi connectivity index (χ2n) is 8.89. The van der Waals surface area contributed by atoms with Crippen molar-refractivity contribution >= 4 is 46.6 Å². The Kier molecular flexibility index (Phi) is 8.81. The van der Waals surface area contributed by atoms with Crippen LogP contribution in [0.4, 0.5) is 26.7 Å². The first kappa shape index (κ1) is 26.2. The number of carbonyl (C=O) groups is 3. The number of benzene rings is 2. The zero-order chi connectivity index (χ0) is 25.5. The lowest BCUT2D eigenvalue weighted by Gasteiger charge is -2.36. The van der Waals surface area contributed by atoms with E-state index in [-0.39, 0.29) is 30.6 Å². The van der Waals surface area contributed by atoms with Gasteiger partial charge in [-0.1, -0.05) is 23.7 Å². The molecule has 2 aromatic carbocycles. The van der Waals surface area contributed by atoms with Gasteiger partial charge in [-0.2, -0.15) is 0 Å². The third kappa shape index (κ3) is 7.26. The molecule has 0 spiro atoms. The summed E-state index contributed by atoms with van der Waals surface area (Å²) in [5.74, 6) is -0.271. The van der Waals surface area contributed by atoms with E-state index in [1.807, 2.05) is 57.2 Å². The number of nitrogens with zero attached hydrogens (tertiary/aromatic N) is 3. The number of rotatable bonds is 6. The predicted molar refractivity (Wildman–Crippen MR) is 140 cm³/mol. The van der Waals surface area contributed by atoms with Gasteiger partial charge < -0.3 is 30.7 Å². The molecule has 9 nitrogen and oxygen atoms in total. The minimum absolute atomic E-state index is 0.00311. The Morgan fingerprint density at radius 1 is 1.00 bits per heavy atom. The number of nitrogens with one attached hydrogen (secondary N) is 3. The number of halogens is 1. The van der Waals surface area contributed by atoms with Crippen LogP contribution in [-0.4, -0.2) is 73.6 Å². The van der Waals surface area contributed by atoms with E-state index in [0.717, 1.165) is 11.3 Å². The third-order valence-electron chi connectivity index (χ3n) is 5.68. The number of aryl methyl sites for hydroxylation is 1. The molecule has 0 aliphatic carbocycles. The standard InChI is InChI=1S/C25H33ClN6O3/c1-17(2)27-24(34)30(4)16-22(33)28-19-8-10-20(11-9-19)31-12-14-32(15-13-31)25(35)29-23-18(3)6-5-7-21(23)26/h5-11,17H,12-16H2,1-4H3,(H,27,34)(H,28,33)(H,29,35). The highest BCUT2D eigenvalue weighted by Crippen LogP contribution is 2.26. The van der Waals surface area contributed by atoms with E-state index in [9.17, 15) is 14.4 Å². The van der Waals surface area contributed by atoms with Gasteiger partial charge in [-0.05, 0) is 56.7 Å². The molecule has 1 aliphatic rings. The molecular formula is C25H33ClN6O3. The van der Waals surface area contributed by atoms with E-state index in [4.69, 9.17) is 11.6 Å². The molecule has 1 fully saturated rings. The topological polar surface area (TPSA) is 97.0 Å². The van der Waals surface area contributed by atoms with Crippen molar-refractivity contribution in [3.05, 3.63) is 53.1 Å². The van der Waals surface area contributed by atoms with Crippen LogP contribution in [0.15, 0.2) is 42.5 Å². The summed E-state index contributed by atoms with van der Waals surface area (Å²) in [5, 5.41) is 9.01. The third-order valence-corrected chi connectivity index (χ3v) is 5.99. The van der Waals surface area contributed by atoms with Crippen LogP contribution in [0, 0.1) is 6.92 Å². The number of hydrogen-bond acceptors (Lipinski definition) is 4. The monoisotopic (exact) mass is 500 g/mol. The number of amides is 5. The lowest BCUT2D eigenvalue weighted by Crippen LogP contribution is -2.50. The number of likely N-dealkylation sites (N-methyl/N-ethyl adjacent to an activating group) is 1. The van der Waals surface area contributed by atoms with Crippen LogP contribution in [0.5, 0.6) is 0 Å². The fraction of sp³-hybridized carbons (Fsp3) is 0.400. The minimum atomic E-state index is -0.291. The lowest BCUT2D eigenvalue weighted by atomic mass is 10.2. The van der Waals surface area contributed by atoms with Gasteiger partial charge >= 0.3 is 12.1 Å². The van der Waals surface area contributed by atoms with Gasteiger partial charge in [0.1, 0.15) is 6.54 Å². The molecule has 0 atom stereocenters. The molecule has 10 heteroatoms. The van der Waals surface area contributed by atoms with Gasteiger partial charge in [-0.3, -0.25) is 4.79 Å². The van der Waals surface area contributed by atoms with E-state index in [0.29, 0.717) is 42.6 Å². The van der Waals surface area contributed by atoms with Crippen LogP contribution in [0.3, 0.4) is 0 Å². The van der Waals surface area contributed by atoms with Gasteiger partial charge in [-0.15, -0.1) is 0 Å². The summed E-state index contributed by atoms with van der Waals surface area (Å²) in [6, 6.07) is 12.6. The van der Waals surface area contributed by atoms with E-state index >= 15 is 0 Å². The Hall–Kier alpha value is -3.46. The smallest absolute Gasteiger partial charge is 0.322 e. The van der Waals surface area contributed by atoms with Gasteiger partial charge in [0.05, 0.1) is 10.7 Å². The van der Waals surface area contributed by atoms with Crippen molar-refractivity contribution in [1.82, 2.24) is 15.1 Å². The maximum Gasteiger partial charge on any atom is 0.322 e. The Labute approximate surface area is 211 Å². The van der Waals surface area contributed by atoms with E-state index in [2.05, 4.69) is 20.9 Å². The zero-order valence-electron chi connectivity index (χ0n) is 20.6. The summed E-state index contributed by atoms with van der Waals surface area (Å²) in [7, 11) is 1.58. The average molecular weight is 501 g/mol. The fourth-order valence-electron chi connectivity index (χ4n) is 3.74. The summed E-state index contributed by atoms with van der Waals surface area (Å²) >= 11 is 6.23. The fourth-order valence-corrected chi connectivity index (χ4v) is 4.01. The highest BCUT2D eigenvalue weighted by atomic mass is 35.5. The second kappa shape index (κ2) is 11.8. The predicted octanol–water partition coefficient (Wildman–Crippen LogP) is 3.99. The maximum atomic E-state index is 12.7. The lowest BCUT2D eigenvalue weighted by molar-refractivity contribution is -0.116. The largest absolute Gasteiger partial charge is 0.368 e. The van der Waals surface area contributed by atoms with E-state index < -0.39 is 0 Å². The van der Waals surface area contributed by atoms with Crippen molar-refractivity contribution in [1.29, 1.82) is 0 Å². The molecule has 0 unspecified atom stereocenters. The Balaban J connectivity index is 1.48. The molecule has 0 saturated carbocycles.